The quantitative estimate of drug-likeness (QED) is 0.730. The van der Waals surface area contributed by atoms with E-state index in [0.717, 1.165) is 10.6 Å². The Kier molecular flexibility index (Phi) is 3.49. The lowest BCUT2D eigenvalue weighted by Gasteiger charge is -2.15. The van der Waals surface area contributed by atoms with E-state index < -0.39 is 23.2 Å². The second-order valence-corrected chi connectivity index (χ2v) is 4.98. The van der Waals surface area contributed by atoms with Crippen LogP contribution in [-0.4, -0.2) is 19.5 Å². The van der Waals surface area contributed by atoms with Gasteiger partial charge in [-0.25, -0.2) is 28.3 Å². The molecule has 0 aliphatic heterocycles. The van der Waals surface area contributed by atoms with Gasteiger partial charge in [0.05, 0.1) is 23.8 Å². The van der Waals surface area contributed by atoms with Crippen molar-refractivity contribution in [2.24, 2.45) is 5.73 Å². The molecule has 7 nitrogen and oxygen atoms in total. The van der Waals surface area contributed by atoms with Crippen molar-refractivity contribution in [3.8, 4) is 5.82 Å². The summed E-state index contributed by atoms with van der Waals surface area (Å²) in [6.07, 6.45) is 2.51. The second kappa shape index (κ2) is 5.36. The Bertz CT molecular complexity index is 952. The number of aromatic nitrogens is 4. The molecule has 9 heteroatoms. The molecule has 0 fully saturated rings. The normalized spacial score (nSPS) is 12.5. The summed E-state index contributed by atoms with van der Waals surface area (Å²) < 4.78 is 28.4. The molecule has 1 aromatic carbocycles. The van der Waals surface area contributed by atoms with Crippen LogP contribution >= 0.6 is 0 Å². The van der Waals surface area contributed by atoms with Gasteiger partial charge in [0.1, 0.15) is 23.0 Å². The highest BCUT2D eigenvalue weighted by Crippen LogP contribution is 2.19. The lowest BCUT2D eigenvalue weighted by atomic mass is 10.2. The molecule has 2 heterocycles. The maximum atomic E-state index is 13.9. The fraction of sp³-hybridized carbons (Fsp3) is 0.143. The SMILES string of the molecule is C[C@H](N)c1nc2c(F)cc(F)cc2c(=O)n1-c1cnc(N)cn1. The minimum atomic E-state index is -0.936. The van der Waals surface area contributed by atoms with Crippen molar-refractivity contribution in [3.63, 3.8) is 0 Å². The van der Waals surface area contributed by atoms with Gasteiger partial charge in [0.25, 0.3) is 5.56 Å². The van der Waals surface area contributed by atoms with E-state index in [0.29, 0.717) is 6.07 Å². The number of nitrogen functional groups attached to an aromatic ring is 1. The molecule has 0 saturated carbocycles. The molecule has 0 radical (unpaired) electrons. The number of rotatable bonds is 2. The van der Waals surface area contributed by atoms with Gasteiger partial charge in [-0.05, 0) is 13.0 Å². The zero-order valence-corrected chi connectivity index (χ0v) is 12.0. The van der Waals surface area contributed by atoms with Crippen molar-refractivity contribution in [1.29, 1.82) is 0 Å². The number of hydrogen-bond acceptors (Lipinski definition) is 6. The minimum absolute atomic E-state index is 0.0760. The largest absolute Gasteiger partial charge is 0.382 e. The number of nitrogens with two attached hydrogens (primary N) is 2. The van der Waals surface area contributed by atoms with Crippen molar-refractivity contribution in [1.82, 2.24) is 19.5 Å². The number of nitrogens with zero attached hydrogens (tertiary/aromatic N) is 4. The van der Waals surface area contributed by atoms with Crippen LogP contribution in [-0.2, 0) is 0 Å². The molecule has 0 aliphatic carbocycles. The van der Waals surface area contributed by atoms with E-state index in [9.17, 15) is 13.6 Å². The molecule has 0 unspecified atom stereocenters. The minimum Gasteiger partial charge on any atom is -0.382 e. The second-order valence-electron chi connectivity index (χ2n) is 4.98. The van der Waals surface area contributed by atoms with Crippen LogP contribution in [0.1, 0.15) is 18.8 Å². The van der Waals surface area contributed by atoms with E-state index in [1.54, 1.807) is 6.92 Å². The van der Waals surface area contributed by atoms with Gasteiger partial charge in [0.2, 0.25) is 0 Å². The van der Waals surface area contributed by atoms with Gasteiger partial charge in [-0.2, -0.15) is 0 Å². The van der Waals surface area contributed by atoms with Crippen LogP contribution in [0.15, 0.2) is 29.3 Å². The smallest absolute Gasteiger partial charge is 0.267 e. The molecule has 118 valence electrons. The maximum Gasteiger partial charge on any atom is 0.267 e. The van der Waals surface area contributed by atoms with Gasteiger partial charge in [-0.1, -0.05) is 0 Å². The van der Waals surface area contributed by atoms with Gasteiger partial charge in [0, 0.05) is 6.07 Å². The fourth-order valence-corrected chi connectivity index (χ4v) is 2.21. The molecule has 4 N–H and O–H groups in total. The molecule has 23 heavy (non-hydrogen) atoms. The molecular weight excluding hydrogens is 306 g/mol. The van der Waals surface area contributed by atoms with Crippen LogP contribution in [0.4, 0.5) is 14.6 Å². The summed E-state index contributed by atoms with van der Waals surface area (Å²) in [6.45, 7) is 1.58. The van der Waals surface area contributed by atoms with Gasteiger partial charge < -0.3 is 11.5 Å². The summed E-state index contributed by atoms with van der Waals surface area (Å²) in [5, 5.41) is -0.217. The molecule has 3 rings (SSSR count). The Labute approximate surface area is 128 Å². The van der Waals surface area contributed by atoms with E-state index in [-0.39, 0.29) is 28.4 Å². The molecule has 0 aliphatic rings. The van der Waals surface area contributed by atoms with Gasteiger partial charge in [0.15, 0.2) is 11.6 Å². The molecule has 0 spiro atoms. The number of benzene rings is 1. The van der Waals surface area contributed by atoms with E-state index in [1.807, 2.05) is 0 Å². The highest BCUT2D eigenvalue weighted by Gasteiger charge is 2.19. The van der Waals surface area contributed by atoms with Gasteiger partial charge >= 0.3 is 0 Å². The zero-order valence-electron chi connectivity index (χ0n) is 12.0. The first-order chi connectivity index (χ1) is 10.9. The van der Waals surface area contributed by atoms with E-state index in [1.165, 1.54) is 12.4 Å². The number of fused-ring (bicyclic) bond motifs is 1. The predicted octanol–water partition coefficient (Wildman–Crippen LogP) is 1.06. The van der Waals surface area contributed by atoms with Crippen LogP contribution in [0.3, 0.4) is 0 Å². The molecule has 0 bridgehead atoms. The molecular formula is C14H12F2N6O. The average Bonchev–Trinajstić information content (AvgIpc) is 2.49. The summed E-state index contributed by atoms with van der Waals surface area (Å²) in [5.41, 5.74) is 10.4. The fourth-order valence-electron chi connectivity index (χ4n) is 2.21. The van der Waals surface area contributed by atoms with Crippen molar-refractivity contribution in [3.05, 3.63) is 52.3 Å². The highest BCUT2D eigenvalue weighted by molar-refractivity contribution is 5.78. The van der Waals surface area contributed by atoms with E-state index >= 15 is 0 Å². The van der Waals surface area contributed by atoms with Crippen LogP contribution in [0.5, 0.6) is 0 Å². The first kappa shape index (κ1) is 15.0. The zero-order chi connectivity index (χ0) is 16.7. The maximum absolute atomic E-state index is 13.9. The van der Waals surface area contributed by atoms with Gasteiger partial charge in [-0.3, -0.25) is 4.79 Å². The topological polar surface area (TPSA) is 113 Å². The van der Waals surface area contributed by atoms with Crippen molar-refractivity contribution in [2.45, 2.75) is 13.0 Å². The van der Waals surface area contributed by atoms with E-state index in [4.69, 9.17) is 11.5 Å². The average molecular weight is 318 g/mol. The van der Waals surface area contributed by atoms with Crippen LogP contribution < -0.4 is 17.0 Å². The van der Waals surface area contributed by atoms with Crippen molar-refractivity contribution >= 4 is 16.7 Å². The molecule has 0 amide bonds. The Morgan fingerprint density at radius 2 is 1.96 bits per heavy atom. The molecule has 3 aromatic rings. The monoisotopic (exact) mass is 318 g/mol. The third-order valence-corrected chi connectivity index (χ3v) is 3.21. The lowest BCUT2D eigenvalue weighted by molar-refractivity contribution is 0.587. The third kappa shape index (κ3) is 2.50. The summed E-state index contributed by atoms with van der Waals surface area (Å²) >= 11 is 0. The summed E-state index contributed by atoms with van der Waals surface area (Å²) in [4.78, 5) is 24.6. The standard InChI is InChI=1S/C14H12F2N6O/c1-6(17)13-21-12-8(2-7(15)3-9(12)16)14(23)22(13)11-5-19-10(18)4-20-11/h2-6H,17H2,1H3,(H2,18,19)/t6-/m0/s1. The number of anilines is 1. The van der Waals surface area contributed by atoms with E-state index in [2.05, 4.69) is 15.0 Å². The van der Waals surface area contributed by atoms with Crippen LogP contribution in [0, 0.1) is 11.6 Å². The first-order valence-electron chi connectivity index (χ1n) is 6.63. The highest BCUT2D eigenvalue weighted by atomic mass is 19.1. The van der Waals surface area contributed by atoms with Crippen molar-refractivity contribution in [2.75, 3.05) is 5.73 Å². The predicted molar refractivity (Wildman–Crippen MR) is 79.9 cm³/mol. The van der Waals surface area contributed by atoms with Crippen LogP contribution in [0.25, 0.3) is 16.7 Å². The lowest BCUT2D eigenvalue weighted by Crippen LogP contribution is -2.28. The first-order valence-corrected chi connectivity index (χ1v) is 6.63. The molecule has 1 atom stereocenters. The number of halogens is 2. The Balaban J connectivity index is 2.44. The molecule has 0 saturated heterocycles. The van der Waals surface area contributed by atoms with Crippen molar-refractivity contribution < 1.29 is 8.78 Å². The Hall–Kier alpha value is -2.94. The summed E-state index contributed by atoms with van der Waals surface area (Å²) in [6, 6.07) is 0.878. The summed E-state index contributed by atoms with van der Waals surface area (Å²) in [7, 11) is 0. The summed E-state index contributed by atoms with van der Waals surface area (Å²) in [5.74, 6) is -1.47. The Morgan fingerprint density at radius 3 is 2.57 bits per heavy atom. The van der Waals surface area contributed by atoms with Crippen LogP contribution in [0.2, 0.25) is 0 Å². The Morgan fingerprint density at radius 1 is 1.22 bits per heavy atom. The third-order valence-electron chi connectivity index (χ3n) is 3.21. The number of hydrogen-bond donors (Lipinski definition) is 2. The van der Waals surface area contributed by atoms with Gasteiger partial charge in [-0.15, -0.1) is 0 Å². The molecule has 2 aromatic heterocycles.